The average molecular weight is 284 g/mol. The molecule has 4 nitrogen and oxygen atoms in total. The molecule has 21 heavy (non-hydrogen) atoms. The van der Waals surface area contributed by atoms with E-state index in [0.29, 0.717) is 25.6 Å². The van der Waals surface area contributed by atoms with Crippen LogP contribution < -0.4 is 5.32 Å². The van der Waals surface area contributed by atoms with Crippen LogP contribution in [-0.4, -0.2) is 35.8 Å². The SMILES string of the molecule is O=C1CC(C(=O)N(C/C=C/c2ccccc2)C2CC2)CN1. The lowest BCUT2D eigenvalue weighted by atomic mass is 10.1. The topological polar surface area (TPSA) is 49.4 Å². The van der Waals surface area contributed by atoms with Gasteiger partial charge in [0.15, 0.2) is 0 Å². The molecule has 4 heteroatoms. The Morgan fingerprint density at radius 1 is 1.29 bits per heavy atom. The molecule has 1 heterocycles. The Balaban J connectivity index is 1.61. The summed E-state index contributed by atoms with van der Waals surface area (Å²) < 4.78 is 0. The minimum absolute atomic E-state index is 0.0103. The zero-order chi connectivity index (χ0) is 14.7. The molecule has 1 atom stereocenters. The molecule has 2 fully saturated rings. The van der Waals surface area contributed by atoms with Gasteiger partial charge in [-0.3, -0.25) is 9.59 Å². The summed E-state index contributed by atoms with van der Waals surface area (Å²) in [4.78, 5) is 25.7. The first kappa shape index (κ1) is 13.9. The third-order valence-corrected chi connectivity index (χ3v) is 4.01. The van der Waals surface area contributed by atoms with Gasteiger partial charge in [0.2, 0.25) is 11.8 Å². The van der Waals surface area contributed by atoms with Crippen molar-refractivity contribution < 1.29 is 9.59 Å². The molecule has 1 aromatic carbocycles. The third kappa shape index (κ3) is 3.51. The number of benzene rings is 1. The predicted molar refractivity (Wildman–Crippen MR) is 81.3 cm³/mol. The molecule has 3 rings (SSSR count). The van der Waals surface area contributed by atoms with Crippen LogP contribution in [0.1, 0.15) is 24.8 Å². The van der Waals surface area contributed by atoms with E-state index in [1.807, 2.05) is 47.4 Å². The van der Waals surface area contributed by atoms with Gasteiger partial charge >= 0.3 is 0 Å². The Labute approximate surface area is 124 Å². The second kappa shape index (κ2) is 6.12. The number of carbonyl (C=O) groups is 2. The van der Waals surface area contributed by atoms with E-state index in [1.54, 1.807) is 0 Å². The monoisotopic (exact) mass is 284 g/mol. The quantitative estimate of drug-likeness (QED) is 0.896. The van der Waals surface area contributed by atoms with Crippen LogP contribution in [0.2, 0.25) is 0 Å². The number of hydrogen-bond acceptors (Lipinski definition) is 2. The van der Waals surface area contributed by atoms with Gasteiger partial charge in [-0.05, 0) is 18.4 Å². The Hall–Kier alpha value is -2.10. The maximum absolute atomic E-state index is 12.5. The van der Waals surface area contributed by atoms with Crippen LogP contribution in [0.5, 0.6) is 0 Å². The van der Waals surface area contributed by atoms with Crippen molar-refractivity contribution in [3.05, 3.63) is 42.0 Å². The lowest BCUT2D eigenvalue weighted by Gasteiger charge is -2.23. The summed E-state index contributed by atoms with van der Waals surface area (Å²) in [6.07, 6.45) is 6.58. The number of hydrogen-bond donors (Lipinski definition) is 1. The van der Waals surface area contributed by atoms with E-state index in [4.69, 9.17) is 0 Å². The highest BCUT2D eigenvalue weighted by Crippen LogP contribution is 2.29. The van der Waals surface area contributed by atoms with E-state index in [0.717, 1.165) is 18.4 Å². The number of carbonyl (C=O) groups excluding carboxylic acids is 2. The van der Waals surface area contributed by atoms with Gasteiger partial charge < -0.3 is 10.2 Å². The summed E-state index contributed by atoms with van der Waals surface area (Å²) in [5.74, 6) is -0.0688. The second-order valence-corrected chi connectivity index (χ2v) is 5.74. The maximum atomic E-state index is 12.5. The molecule has 1 saturated carbocycles. The summed E-state index contributed by atoms with van der Waals surface area (Å²) in [6, 6.07) is 10.4. The van der Waals surface area contributed by atoms with Gasteiger partial charge in [-0.2, -0.15) is 0 Å². The fraction of sp³-hybridized carbons (Fsp3) is 0.412. The van der Waals surface area contributed by atoms with Crippen molar-refractivity contribution in [2.45, 2.75) is 25.3 Å². The molecule has 1 saturated heterocycles. The summed E-state index contributed by atoms with van der Waals surface area (Å²) >= 11 is 0. The van der Waals surface area contributed by atoms with Crippen LogP contribution in [0, 0.1) is 5.92 Å². The standard InChI is InChI=1S/C17H20N2O2/c20-16-11-14(12-18-16)17(21)19(15-8-9-15)10-4-7-13-5-2-1-3-6-13/h1-7,14-15H,8-12H2,(H,18,20)/b7-4+. The highest BCUT2D eigenvalue weighted by atomic mass is 16.2. The Bertz CT molecular complexity index is 549. The van der Waals surface area contributed by atoms with Gasteiger partial charge in [0.1, 0.15) is 0 Å². The Morgan fingerprint density at radius 3 is 2.67 bits per heavy atom. The summed E-state index contributed by atoms with van der Waals surface area (Å²) in [6.45, 7) is 1.12. The molecule has 1 unspecified atom stereocenters. The molecule has 1 aliphatic carbocycles. The number of nitrogens with one attached hydrogen (secondary N) is 1. The molecule has 110 valence electrons. The van der Waals surface area contributed by atoms with Gasteiger partial charge in [0.25, 0.3) is 0 Å². The number of amides is 2. The number of rotatable bonds is 5. The normalized spacial score (nSPS) is 21.5. The first-order chi connectivity index (χ1) is 10.2. The van der Waals surface area contributed by atoms with Crippen molar-refractivity contribution in [2.24, 2.45) is 5.92 Å². The van der Waals surface area contributed by atoms with Crippen molar-refractivity contribution >= 4 is 17.9 Å². The Morgan fingerprint density at radius 2 is 2.05 bits per heavy atom. The van der Waals surface area contributed by atoms with E-state index in [1.165, 1.54) is 0 Å². The molecule has 2 amide bonds. The summed E-state index contributed by atoms with van der Waals surface area (Å²) in [5, 5.41) is 2.74. The van der Waals surface area contributed by atoms with E-state index < -0.39 is 0 Å². The predicted octanol–water partition coefficient (Wildman–Crippen LogP) is 1.83. The average Bonchev–Trinajstić information content (AvgIpc) is 3.25. The fourth-order valence-electron chi connectivity index (χ4n) is 2.69. The Kier molecular flexibility index (Phi) is 4.04. The van der Waals surface area contributed by atoms with Crippen LogP contribution in [0.25, 0.3) is 6.08 Å². The lowest BCUT2D eigenvalue weighted by molar-refractivity contribution is -0.135. The molecule has 0 spiro atoms. The van der Waals surface area contributed by atoms with Gasteiger partial charge in [-0.25, -0.2) is 0 Å². The maximum Gasteiger partial charge on any atom is 0.228 e. The number of nitrogens with zero attached hydrogens (tertiary/aromatic N) is 1. The highest BCUT2D eigenvalue weighted by molar-refractivity contribution is 5.89. The largest absolute Gasteiger partial charge is 0.355 e. The van der Waals surface area contributed by atoms with Crippen molar-refractivity contribution in [3.8, 4) is 0 Å². The minimum atomic E-state index is -0.178. The van der Waals surface area contributed by atoms with Gasteiger partial charge in [0, 0.05) is 25.6 Å². The highest BCUT2D eigenvalue weighted by Gasteiger charge is 2.37. The van der Waals surface area contributed by atoms with Crippen molar-refractivity contribution in [2.75, 3.05) is 13.1 Å². The van der Waals surface area contributed by atoms with Crippen molar-refractivity contribution in [1.82, 2.24) is 10.2 Å². The molecule has 1 aliphatic heterocycles. The van der Waals surface area contributed by atoms with E-state index in [2.05, 4.69) is 5.32 Å². The van der Waals surface area contributed by atoms with Crippen molar-refractivity contribution in [3.63, 3.8) is 0 Å². The van der Waals surface area contributed by atoms with E-state index in [9.17, 15) is 9.59 Å². The van der Waals surface area contributed by atoms with Crippen LogP contribution in [0.4, 0.5) is 0 Å². The van der Waals surface area contributed by atoms with E-state index in [-0.39, 0.29) is 17.7 Å². The molecule has 1 aromatic rings. The van der Waals surface area contributed by atoms with Crippen molar-refractivity contribution in [1.29, 1.82) is 0 Å². The third-order valence-electron chi connectivity index (χ3n) is 4.01. The van der Waals surface area contributed by atoms with Crippen LogP contribution in [0.3, 0.4) is 0 Å². The molecule has 1 N–H and O–H groups in total. The molecule has 0 aromatic heterocycles. The minimum Gasteiger partial charge on any atom is -0.355 e. The molecular formula is C17H20N2O2. The zero-order valence-electron chi connectivity index (χ0n) is 12.0. The first-order valence-corrected chi connectivity index (χ1v) is 7.53. The van der Waals surface area contributed by atoms with Gasteiger partial charge in [0.05, 0.1) is 5.92 Å². The summed E-state index contributed by atoms with van der Waals surface area (Å²) in [7, 11) is 0. The first-order valence-electron chi connectivity index (χ1n) is 7.53. The van der Waals surface area contributed by atoms with Gasteiger partial charge in [-0.15, -0.1) is 0 Å². The molecule has 0 bridgehead atoms. The molecular weight excluding hydrogens is 264 g/mol. The summed E-state index contributed by atoms with van der Waals surface area (Å²) in [5.41, 5.74) is 1.14. The lowest BCUT2D eigenvalue weighted by Crippen LogP contribution is -2.38. The van der Waals surface area contributed by atoms with Gasteiger partial charge in [-0.1, -0.05) is 42.5 Å². The van der Waals surface area contributed by atoms with Crippen LogP contribution in [-0.2, 0) is 9.59 Å². The van der Waals surface area contributed by atoms with Crippen LogP contribution >= 0.6 is 0 Å². The van der Waals surface area contributed by atoms with E-state index >= 15 is 0 Å². The fourth-order valence-corrected chi connectivity index (χ4v) is 2.69. The molecule has 2 aliphatic rings. The van der Waals surface area contributed by atoms with Crippen LogP contribution in [0.15, 0.2) is 36.4 Å². The zero-order valence-corrected chi connectivity index (χ0v) is 12.0. The smallest absolute Gasteiger partial charge is 0.228 e. The second-order valence-electron chi connectivity index (χ2n) is 5.74. The molecule has 0 radical (unpaired) electrons.